The molecule has 1 N–H and O–H groups in total. The molecule has 0 radical (unpaired) electrons. The number of alkyl halides is 2. The average molecular weight is 211 g/mol. The van der Waals surface area contributed by atoms with Gasteiger partial charge >= 0.3 is 0 Å². The van der Waals surface area contributed by atoms with Crippen molar-refractivity contribution in [1.29, 1.82) is 0 Å². The number of rotatable bonds is 2. The largest absolute Gasteiger partial charge is 0.316 e. The Morgan fingerprint density at radius 1 is 1.27 bits per heavy atom. The van der Waals surface area contributed by atoms with Crippen molar-refractivity contribution < 1.29 is 8.78 Å². The average Bonchev–Trinajstić information content (AvgIpc) is 2.23. The molecule has 1 aliphatic rings. The van der Waals surface area contributed by atoms with E-state index in [1.807, 2.05) is 30.3 Å². The lowest BCUT2D eigenvalue weighted by Crippen LogP contribution is -2.45. The predicted octanol–water partition coefficient (Wildman–Crippen LogP) is 2.47. The minimum atomic E-state index is -2.51. The maximum absolute atomic E-state index is 13.5. The third kappa shape index (κ3) is 2.53. The second-order valence-corrected chi connectivity index (χ2v) is 4.10. The molecule has 0 saturated carbocycles. The van der Waals surface area contributed by atoms with Crippen LogP contribution in [-0.4, -0.2) is 19.0 Å². The summed E-state index contributed by atoms with van der Waals surface area (Å²) in [6.45, 7) is 0.847. The molecule has 0 aliphatic carbocycles. The van der Waals surface area contributed by atoms with Crippen LogP contribution in [0.15, 0.2) is 30.3 Å². The highest BCUT2D eigenvalue weighted by molar-refractivity contribution is 5.16. The second kappa shape index (κ2) is 4.27. The Morgan fingerprint density at radius 3 is 2.67 bits per heavy atom. The van der Waals surface area contributed by atoms with E-state index in [0.29, 0.717) is 19.5 Å². The Hall–Kier alpha value is -0.960. The molecule has 1 saturated heterocycles. The molecule has 1 heterocycles. The molecule has 0 amide bonds. The molecular formula is C12H15F2N. The van der Waals surface area contributed by atoms with E-state index in [9.17, 15) is 8.78 Å². The van der Waals surface area contributed by atoms with Crippen LogP contribution in [0.25, 0.3) is 0 Å². The highest BCUT2D eigenvalue weighted by atomic mass is 19.3. The Morgan fingerprint density at radius 2 is 2.00 bits per heavy atom. The summed E-state index contributed by atoms with van der Waals surface area (Å²) >= 11 is 0. The zero-order valence-corrected chi connectivity index (χ0v) is 8.55. The zero-order valence-electron chi connectivity index (χ0n) is 8.55. The van der Waals surface area contributed by atoms with E-state index >= 15 is 0 Å². The molecule has 1 aliphatic heterocycles. The SMILES string of the molecule is FC1(F)CCNCC1Cc1ccccc1. The molecule has 1 atom stereocenters. The van der Waals surface area contributed by atoms with Crippen molar-refractivity contribution in [2.45, 2.75) is 18.8 Å². The van der Waals surface area contributed by atoms with Gasteiger partial charge in [0.15, 0.2) is 0 Å². The number of piperidine rings is 1. The molecule has 1 nitrogen and oxygen atoms in total. The first-order valence-electron chi connectivity index (χ1n) is 5.31. The van der Waals surface area contributed by atoms with Crippen LogP contribution >= 0.6 is 0 Å². The van der Waals surface area contributed by atoms with E-state index in [2.05, 4.69) is 5.32 Å². The summed E-state index contributed by atoms with van der Waals surface area (Å²) in [7, 11) is 0. The Bertz CT molecular complexity index is 311. The van der Waals surface area contributed by atoms with Gasteiger partial charge in [0.1, 0.15) is 0 Å². The molecular weight excluding hydrogens is 196 g/mol. The maximum Gasteiger partial charge on any atom is 0.253 e. The van der Waals surface area contributed by atoms with Crippen LogP contribution in [0.3, 0.4) is 0 Å². The molecule has 3 heteroatoms. The smallest absolute Gasteiger partial charge is 0.253 e. The minimum absolute atomic E-state index is 0.0372. The van der Waals surface area contributed by atoms with Gasteiger partial charge in [0, 0.05) is 25.4 Å². The molecule has 2 rings (SSSR count). The third-order valence-corrected chi connectivity index (χ3v) is 2.95. The second-order valence-electron chi connectivity index (χ2n) is 4.10. The first kappa shape index (κ1) is 10.6. The van der Waals surface area contributed by atoms with Crippen LogP contribution < -0.4 is 5.32 Å². The number of hydrogen-bond donors (Lipinski definition) is 1. The minimum Gasteiger partial charge on any atom is -0.316 e. The molecule has 1 aromatic carbocycles. The number of benzene rings is 1. The first-order valence-corrected chi connectivity index (χ1v) is 5.31. The van der Waals surface area contributed by atoms with Crippen LogP contribution in [0.1, 0.15) is 12.0 Å². The van der Waals surface area contributed by atoms with Gasteiger partial charge in [-0.1, -0.05) is 30.3 Å². The van der Waals surface area contributed by atoms with Crippen molar-refractivity contribution in [2.24, 2.45) is 5.92 Å². The summed E-state index contributed by atoms with van der Waals surface area (Å²) in [5, 5.41) is 3.03. The molecule has 0 bridgehead atoms. The lowest BCUT2D eigenvalue weighted by atomic mass is 9.89. The maximum atomic E-state index is 13.5. The Balaban J connectivity index is 2.05. The molecule has 0 spiro atoms. The van der Waals surface area contributed by atoms with Gasteiger partial charge in [-0.05, 0) is 12.0 Å². The summed E-state index contributed by atoms with van der Waals surface area (Å²) in [5.41, 5.74) is 0.992. The van der Waals surface area contributed by atoms with Crippen molar-refractivity contribution in [2.75, 3.05) is 13.1 Å². The number of halogens is 2. The van der Waals surface area contributed by atoms with Gasteiger partial charge in [0.25, 0.3) is 5.92 Å². The van der Waals surface area contributed by atoms with Gasteiger partial charge in [-0.2, -0.15) is 0 Å². The lowest BCUT2D eigenvalue weighted by molar-refractivity contribution is -0.0776. The normalized spacial score (nSPS) is 25.1. The van der Waals surface area contributed by atoms with Crippen molar-refractivity contribution in [3.63, 3.8) is 0 Å². The van der Waals surface area contributed by atoms with Crippen molar-refractivity contribution in [3.05, 3.63) is 35.9 Å². The van der Waals surface area contributed by atoms with Crippen LogP contribution in [0, 0.1) is 5.92 Å². The summed E-state index contributed by atoms with van der Waals surface area (Å²) in [4.78, 5) is 0. The standard InChI is InChI=1S/C12H15F2N/c13-12(14)6-7-15-9-11(12)8-10-4-2-1-3-5-10/h1-5,11,15H,6-9H2. The summed E-state index contributed by atoms with van der Waals surface area (Å²) in [6, 6.07) is 9.50. The van der Waals surface area contributed by atoms with Crippen molar-refractivity contribution in [3.8, 4) is 0 Å². The number of nitrogens with one attached hydrogen (secondary N) is 1. The Labute approximate surface area is 88.5 Å². The monoisotopic (exact) mass is 211 g/mol. The molecule has 1 aromatic rings. The lowest BCUT2D eigenvalue weighted by Gasteiger charge is -2.31. The first-order chi connectivity index (χ1) is 7.18. The molecule has 82 valence electrons. The van der Waals surface area contributed by atoms with E-state index in [-0.39, 0.29) is 6.42 Å². The van der Waals surface area contributed by atoms with Gasteiger partial charge < -0.3 is 5.32 Å². The highest BCUT2D eigenvalue weighted by Crippen LogP contribution is 2.32. The highest BCUT2D eigenvalue weighted by Gasteiger charge is 2.40. The van der Waals surface area contributed by atoms with Gasteiger partial charge in [-0.3, -0.25) is 0 Å². The topological polar surface area (TPSA) is 12.0 Å². The summed E-state index contributed by atoms with van der Waals surface area (Å²) < 4.78 is 27.0. The fourth-order valence-electron chi connectivity index (χ4n) is 2.00. The van der Waals surface area contributed by atoms with E-state index in [4.69, 9.17) is 0 Å². The van der Waals surface area contributed by atoms with Gasteiger partial charge in [-0.25, -0.2) is 8.78 Å². The molecule has 15 heavy (non-hydrogen) atoms. The van der Waals surface area contributed by atoms with Crippen LogP contribution in [0.4, 0.5) is 8.78 Å². The van der Waals surface area contributed by atoms with Gasteiger partial charge in [0.2, 0.25) is 0 Å². The third-order valence-electron chi connectivity index (χ3n) is 2.95. The fourth-order valence-corrected chi connectivity index (χ4v) is 2.00. The Kier molecular flexibility index (Phi) is 3.00. The molecule has 1 fully saturated rings. The van der Waals surface area contributed by atoms with Crippen molar-refractivity contribution >= 4 is 0 Å². The molecule has 0 aromatic heterocycles. The summed E-state index contributed by atoms with van der Waals surface area (Å²) in [6.07, 6.45) is 0.422. The van der Waals surface area contributed by atoms with E-state index in [0.717, 1.165) is 5.56 Å². The van der Waals surface area contributed by atoms with Gasteiger partial charge in [0.05, 0.1) is 0 Å². The van der Waals surface area contributed by atoms with Crippen LogP contribution in [-0.2, 0) is 6.42 Å². The van der Waals surface area contributed by atoms with E-state index in [1.54, 1.807) is 0 Å². The van der Waals surface area contributed by atoms with Gasteiger partial charge in [-0.15, -0.1) is 0 Å². The van der Waals surface area contributed by atoms with Crippen molar-refractivity contribution in [1.82, 2.24) is 5.32 Å². The van der Waals surface area contributed by atoms with Crippen LogP contribution in [0.2, 0.25) is 0 Å². The van der Waals surface area contributed by atoms with E-state index < -0.39 is 11.8 Å². The van der Waals surface area contributed by atoms with Crippen LogP contribution in [0.5, 0.6) is 0 Å². The summed E-state index contributed by atoms with van der Waals surface area (Å²) in [5.74, 6) is -3.07. The quantitative estimate of drug-likeness (QED) is 0.792. The van der Waals surface area contributed by atoms with E-state index in [1.165, 1.54) is 0 Å². The predicted molar refractivity (Wildman–Crippen MR) is 56.1 cm³/mol. The number of hydrogen-bond acceptors (Lipinski definition) is 1. The zero-order chi connectivity index (χ0) is 10.7. The fraction of sp³-hybridized carbons (Fsp3) is 0.500. The molecule has 1 unspecified atom stereocenters.